The van der Waals surface area contributed by atoms with Gasteiger partial charge in [-0.25, -0.2) is 4.79 Å². The van der Waals surface area contributed by atoms with Crippen molar-refractivity contribution in [3.63, 3.8) is 0 Å². The van der Waals surface area contributed by atoms with Crippen LogP contribution in [0.5, 0.6) is 0 Å². The summed E-state index contributed by atoms with van der Waals surface area (Å²) in [6.45, 7) is 4.45. The predicted octanol–water partition coefficient (Wildman–Crippen LogP) is 4.74. The molecule has 0 spiro atoms. The van der Waals surface area contributed by atoms with Gasteiger partial charge in [-0.05, 0) is 19.1 Å². The maximum absolute atomic E-state index is 11.6. The lowest BCUT2D eigenvalue weighted by Crippen LogP contribution is -2.17. The Morgan fingerprint density at radius 3 is 2.00 bits per heavy atom. The van der Waals surface area contributed by atoms with Gasteiger partial charge in [-0.15, -0.1) is 0 Å². The van der Waals surface area contributed by atoms with E-state index in [1.807, 2.05) is 6.92 Å². The highest BCUT2D eigenvalue weighted by molar-refractivity contribution is 8.15. The van der Waals surface area contributed by atoms with Crippen LogP contribution in [0.2, 0.25) is 0 Å². The van der Waals surface area contributed by atoms with Crippen molar-refractivity contribution < 1.29 is 9.53 Å². The van der Waals surface area contributed by atoms with Crippen molar-refractivity contribution in [2.75, 3.05) is 19.4 Å². The third-order valence-electron chi connectivity index (χ3n) is 3.40. The Bertz CT molecular complexity index is 296. The summed E-state index contributed by atoms with van der Waals surface area (Å²) in [6.07, 6.45) is 13.2. The lowest BCUT2D eigenvalue weighted by Gasteiger charge is -2.05. The number of ether oxygens (including phenoxy) is 1. The number of thioether (sulfide) groups is 1. The highest BCUT2D eigenvalue weighted by Crippen LogP contribution is 2.13. The molecular formula is C17H34N2O2S. The normalized spacial score (nSPS) is 11.5. The summed E-state index contributed by atoms with van der Waals surface area (Å²) in [5.74, 6) is 0.601. The Morgan fingerprint density at radius 2 is 1.50 bits per heavy atom. The summed E-state index contributed by atoms with van der Waals surface area (Å²) in [4.78, 5) is 11.6. The van der Waals surface area contributed by atoms with E-state index in [2.05, 4.69) is 17.5 Å². The van der Waals surface area contributed by atoms with Crippen LogP contribution < -0.4 is 5.43 Å². The molecule has 0 saturated carbocycles. The van der Waals surface area contributed by atoms with Crippen molar-refractivity contribution in [2.24, 2.45) is 5.10 Å². The highest BCUT2D eigenvalue weighted by Gasteiger charge is 2.12. The minimum Gasteiger partial charge on any atom is -0.461 e. The molecule has 22 heavy (non-hydrogen) atoms. The van der Waals surface area contributed by atoms with Crippen molar-refractivity contribution in [3.8, 4) is 0 Å². The van der Waals surface area contributed by atoms with Gasteiger partial charge in [0.2, 0.25) is 5.04 Å². The fourth-order valence-electron chi connectivity index (χ4n) is 2.19. The Labute approximate surface area is 140 Å². The second kappa shape index (κ2) is 16.7. The first kappa shape index (κ1) is 21.3. The molecule has 0 aliphatic rings. The van der Waals surface area contributed by atoms with E-state index in [9.17, 15) is 4.79 Å². The number of rotatable bonds is 13. The van der Waals surface area contributed by atoms with E-state index in [-0.39, 0.29) is 5.97 Å². The smallest absolute Gasteiger partial charge is 0.365 e. The number of carbonyl (C=O) groups is 1. The Hall–Kier alpha value is -0.710. The SMILES string of the molecule is CCCCCCCCCCCCS/C(=N\NC)C(=O)OCC. The molecule has 0 aromatic rings. The molecule has 0 radical (unpaired) electrons. The van der Waals surface area contributed by atoms with Gasteiger partial charge in [-0.1, -0.05) is 76.5 Å². The molecule has 5 heteroatoms. The molecule has 0 bridgehead atoms. The molecule has 0 aliphatic heterocycles. The molecule has 4 nitrogen and oxygen atoms in total. The number of esters is 1. The average Bonchev–Trinajstić information content (AvgIpc) is 2.51. The standard InChI is InChI=1S/C17H34N2O2S/c1-4-6-7-8-9-10-11-12-13-14-15-22-16(19-18-3)17(20)21-5-2/h18H,4-15H2,1-3H3/b19-16-. The molecule has 0 saturated heterocycles. The minimum absolute atomic E-state index is 0.325. The lowest BCUT2D eigenvalue weighted by molar-refractivity contribution is -0.134. The van der Waals surface area contributed by atoms with Gasteiger partial charge in [0.05, 0.1) is 6.61 Å². The molecule has 0 aromatic heterocycles. The van der Waals surface area contributed by atoms with E-state index in [1.165, 1.54) is 69.5 Å². The number of nitrogens with one attached hydrogen (secondary N) is 1. The molecule has 0 rings (SSSR count). The number of hydrogen-bond donors (Lipinski definition) is 1. The van der Waals surface area contributed by atoms with Gasteiger partial charge in [-0.3, -0.25) is 0 Å². The van der Waals surface area contributed by atoms with E-state index in [0.29, 0.717) is 11.7 Å². The fourth-order valence-corrected chi connectivity index (χ4v) is 3.06. The Morgan fingerprint density at radius 1 is 0.955 bits per heavy atom. The molecule has 0 atom stereocenters. The Kier molecular flexibility index (Phi) is 16.1. The summed E-state index contributed by atoms with van der Waals surface area (Å²) in [7, 11) is 1.69. The van der Waals surface area contributed by atoms with E-state index >= 15 is 0 Å². The molecule has 0 aliphatic carbocycles. The largest absolute Gasteiger partial charge is 0.461 e. The van der Waals surface area contributed by atoms with Crippen molar-refractivity contribution in [1.82, 2.24) is 5.43 Å². The van der Waals surface area contributed by atoms with Gasteiger partial charge in [0, 0.05) is 7.05 Å². The van der Waals surface area contributed by atoms with Crippen LogP contribution in [0.1, 0.15) is 78.1 Å². The summed E-state index contributed by atoms with van der Waals surface area (Å²) in [6, 6.07) is 0. The van der Waals surface area contributed by atoms with E-state index in [0.717, 1.165) is 12.2 Å². The van der Waals surface area contributed by atoms with Crippen molar-refractivity contribution in [3.05, 3.63) is 0 Å². The van der Waals surface area contributed by atoms with Crippen LogP contribution >= 0.6 is 11.8 Å². The third-order valence-corrected chi connectivity index (χ3v) is 4.42. The topological polar surface area (TPSA) is 50.7 Å². The monoisotopic (exact) mass is 330 g/mol. The summed E-state index contributed by atoms with van der Waals surface area (Å²) < 4.78 is 4.98. The van der Waals surface area contributed by atoms with Crippen LogP contribution in [0.25, 0.3) is 0 Å². The van der Waals surface area contributed by atoms with Gasteiger partial charge in [0.25, 0.3) is 0 Å². The first-order valence-corrected chi connectivity index (χ1v) is 9.79. The quantitative estimate of drug-likeness (QED) is 0.174. The number of carbonyl (C=O) groups excluding carboxylic acids is 1. The number of nitrogens with zero attached hydrogens (tertiary/aromatic N) is 1. The van der Waals surface area contributed by atoms with Crippen LogP contribution in [-0.2, 0) is 9.53 Å². The first-order valence-electron chi connectivity index (χ1n) is 8.80. The van der Waals surface area contributed by atoms with Crippen LogP contribution in [0.4, 0.5) is 0 Å². The average molecular weight is 331 g/mol. The fraction of sp³-hybridized carbons (Fsp3) is 0.882. The molecule has 130 valence electrons. The summed E-state index contributed by atoms with van der Waals surface area (Å²) in [5.41, 5.74) is 2.66. The zero-order chi connectivity index (χ0) is 16.5. The highest BCUT2D eigenvalue weighted by atomic mass is 32.2. The molecule has 0 aromatic carbocycles. The van der Waals surface area contributed by atoms with E-state index in [1.54, 1.807) is 7.05 Å². The van der Waals surface area contributed by atoms with Gasteiger partial charge in [0.15, 0.2) is 0 Å². The molecule has 0 fully saturated rings. The third kappa shape index (κ3) is 13.0. The van der Waals surface area contributed by atoms with E-state index < -0.39 is 0 Å². The van der Waals surface area contributed by atoms with Crippen LogP contribution in [0, 0.1) is 0 Å². The Balaban J connectivity index is 3.50. The van der Waals surface area contributed by atoms with E-state index in [4.69, 9.17) is 4.74 Å². The molecule has 0 unspecified atom stereocenters. The molecule has 0 amide bonds. The number of unbranched alkanes of at least 4 members (excludes halogenated alkanes) is 9. The van der Waals surface area contributed by atoms with Crippen molar-refractivity contribution in [2.45, 2.75) is 78.1 Å². The second-order valence-electron chi connectivity index (χ2n) is 5.39. The predicted molar refractivity (Wildman–Crippen MR) is 97.4 cm³/mol. The second-order valence-corrected chi connectivity index (χ2v) is 6.48. The van der Waals surface area contributed by atoms with Gasteiger partial charge < -0.3 is 10.2 Å². The van der Waals surface area contributed by atoms with Gasteiger partial charge >= 0.3 is 5.97 Å². The number of hydrogen-bond acceptors (Lipinski definition) is 5. The van der Waals surface area contributed by atoms with Gasteiger partial charge in [0.1, 0.15) is 0 Å². The van der Waals surface area contributed by atoms with Gasteiger partial charge in [-0.2, -0.15) is 5.10 Å². The van der Waals surface area contributed by atoms with Crippen molar-refractivity contribution >= 4 is 22.8 Å². The maximum atomic E-state index is 11.6. The van der Waals surface area contributed by atoms with Crippen LogP contribution in [-0.4, -0.2) is 30.4 Å². The number of hydrazone groups is 1. The molecule has 0 heterocycles. The van der Waals surface area contributed by atoms with Crippen LogP contribution in [0.15, 0.2) is 5.10 Å². The maximum Gasteiger partial charge on any atom is 0.365 e. The summed E-state index contributed by atoms with van der Waals surface area (Å²) >= 11 is 1.48. The molecular weight excluding hydrogens is 296 g/mol. The lowest BCUT2D eigenvalue weighted by atomic mass is 10.1. The zero-order valence-electron chi connectivity index (χ0n) is 14.7. The first-order chi connectivity index (χ1) is 10.8. The van der Waals surface area contributed by atoms with Crippen molar-refractivity contribution in [1.29, 1.82) is 0 Å². The summed E-state index contributed by atoms with van der Waals surface area (Å²) in [5, 5.41) is 4.41. The van der Waals surface area contributed by atoms with Crippen LogP contribution in [0.3, 0.4) is 0 Å². The zero-order valence-corrected chi connectivity index (χ0v) is 15.5. The minimum atomic E-state index is -0.325. The molecule has 1 N–H and O–H groups in total.